The van der Waals surface area contributed by atoms with Crippen LogP contribution in [0, 0.1) is 0 Å². The van der Waals surface area contributed by atoms with Gasteiger partial charge in [-0.25, -0.2) is 0 Å². The highest BCUT2D eigenvalue weighted by Crippen LogP contribution is 2.20. The van der Waals surface area contributed by atoms with E-state index in [4.69, 9.17) is 4.74 Å². The highest BCUT2D eigenvalue weighted by molar-refractivity contribution is 5.98. The molecular weight excluding hydrogens is 200 g/mol. The number of hydrogen-bond donors (Lipinski definition) is 0. The summed E-state index contributed by atoms with van der Waals surface area (Å²) in [6.45, 7) is 4.59. The summed E-state index contributed by atoms with van der Waals surface area (Å²) < 4.78 is 5.49. The average molecular weight is 224 g/mol. The van der Waals surface area contributed by atoms with Crippen molar-refractivity contribution in [2.45, 2.75) is 64.9 Å². The van der Waals surface area contributed by atoms with Crippen molar-refractivity contribution < 1.29 is 9.53 Å². The fraction of sp³-hybridized carbons (Fsp3) is 0.786. The first kappa shape index (κ1) is 13.4. The molecule has 2 heteroatoms. The van der Waals surface area contributed by atoms with Gasteiger partial charge in [-0.3, -0.25) is 4.79 Å². The van der Waals surface area contributed by atoms with Gasteiger partial charge in [0.2, 0.25) is 0 Å². The van der Waals surface area contributed by atoms with E-state index in [1.165, 1.54) is 19.3 Å². The van der Waals surface area contributed by atoms with Crippen LogP contribution < -0.4 is 0 Å². The number of carbonyl (C=O) groups is 1. The minimum absolute atomic E-state index is 0.212. The second kappa shape index (κ2) is 7.61. The van der Waals surface area contributed by atoms with Gasteiger partial charge in [-0.1, -0.05) is 25.8 Å². The van der Waals surface area contributed by atoms with E-state index in [1.54, 1.807) is 0 Å². The van der Waals surface area contributed by atoms with Crippen LogP contribution in [0.4, 0.5) is 0 Å². The molecule has 0 bridgehead atoms. The number of carbonyl (C=O) groups excluding carboxylic acids is 1. The van der Waals surface area contributed by atoms with Crippen LogP contribution in [0.5, 0.6) is 0 Å². The van der Waals surface area contributed by atoms with E-state index >= 15 is 0 Å². The van der Waals surface area contributed by atoms with Gasteiger partial charge < -0.3 is 4.74 Å². The third kappa shape index (κ3) is 4.09. The van der Waals surface area contributed by atoms with E-state index in [9.17, 15) is 4.79 Å². The number of rotatable bonds is 5. The Morgan fingerprint density at radius 2 is 2.06 bits per heavy atom. The normalized spacial score (nSPS) is 19.5. The molecule has 0 aromatic carbocycles. The molecule has 0 amide bonds. The van der Waals surface area contributed by atoms with E-state index in [1.807, 2.05) is 13.8 Å². The third-order valence-electron chi connectivity index (χ3n) is 3.14. The van der Waals surface area contributed by atoms with Crippen LogP contribution in [0.15, 0.2) is 11.6 Å². The zero-order valence-electron chi connectivity index (χ0n) is 10.6. The van der Waals surface area contributed by atoms with Crippen LogP contribution in [0.2, 0.25) is 0 Å². The molecule has 1 rings (SSSR count). The molecule has 1 aliphatic rings. The standard InChI is InChI=1S/C14H24O2/c1-3-13(16-4-2)14(15)12-10-8-6-5-7-9-11-12/h10,13H,3-9,11H2,1-2H3. The number of ether oxygens (including phenoxy) is 1. The number of hydrogen-bond acceptors (Lipinski definition) is 2. The summed E-state index contributed by atoms with van der Waals surface area (Å²) >= 11 is 0. The van der Waals surface area contributed by atoms with Crippen LogP contribution in [-0.4, -0.2) is 18.5 Å². The molecule has 0 saturated carbocycles. The van der Waals surface area contributed by atoms with Crippen molar-refractivity contribution in [3.05, 3.63) is 11.6 Å². The van der Waals surface area contributed by atoms with Crippen molar-refractivity contribution in [2.24, 2.45) is 0 Å². The van der Waals surface area contributed by atoms with Crippen molar-refractivity contribution in [1.29, 1.82) is 0 Å². The lowest BCUT2D eigenvalue weighted by Gasteiger charge is -2.17. The Balaban J connectivity index is 2.61. The maximum atomic E-state index is 12.2. The molecule has 0 aromatic rings. The minimum atomic E-state index is -0.212. The van der Waals surface area contributed by atoms with Gasteiger partial charge in [0.1, 0.15) is 6.10 Å². The van der Waals surface area contributed by atoms with Gasteiger partial charge in [-0.05, 0) is 44.6 Å². The third-order valence-corrected chi connectivity index (χ3v) is 3.14. The van der Waals surface area contributed by atoms with E-state index in [-0.39, 0.29) is 11.9 Å². The van der Waals surface area contributed by atoms with Gasteiger partial charge in [-0.15, -0.1) is 0 Å². The molecule has 0 fully saturated rings. The van der Waals surface area contributed by atoms with E-state index in [0.717, 1.165) is 31.3 Å². The SMILES string of the molecule is CCOC(CC)C(=O)C1=CCCCCCC1. The summed E-state index contributed by atoms with van der Waals surface area (Å²) in [5.74, 6) is 0.228. The van der Waals surface area contributed by atoms with Crippen molar-refractivity contribution in [3.63, 3.8) is 0 Å². The van der Waals surface area contributed by atoms with Gasteiger partial charge in [-0.2, -0.15) is 0 Å². The number of ketones is 1. The molecule has 0 spiro atoms. The zero-order valence-corrected chi connectivity index (χ0v) is 10.6. The predicted molar refractivity (Wildman–Crippen MR) is 66.5 cm³/mol. The topological polar surface area (TPSA) is 26.3 Å². The summed E-state index contributed by atoms with van der Waals surface area (Å²) in [5.41, 5.74) is 1.01. The van der Waals surface area contributed by atoms with Crippen LogP contribution in [-0.2, 0) is 9.53 Å². The lowest BCUT2D eigenvalue weighted by atomic mass is 9.94. The highest BCUT2D eigenvalue weighted by Gasteiger charge is 2.20. The average Bonchev–Trinajstić information content (AvgIpc) is 2.24. The summed E-state index contributed by atoms with van der Waals surface area (Å²) in [6.07, 6.45) is 9.66. The van der Waals surface area contributed by atoms with Crippen molar-refractivity contribution in [3.8, 4) is 0 Å². The van der Waals surface area contributed by atoms with E-state index < -0.39 is 0 Å². The molecular formula is C14H24O2. The van der Waals surface area contributed by atoms with Gasteiger partial charge in [0.25, 0.3) is 0 Å². The molecule has 0 N–H and O–H groups in total. The molecule has 0 radical (unpaired) electrons. The number of Topliss-reactive ketones (excluding diaryl/α,β-unsaturated/α-hetero) is 1. The predicted octanol–water partition coefficient (Wildman–Crippen LogP) is 3.65. The monoisotopic (exact) mass is 224 g/mol. The first-order valence-electron chi connectivity index (χ1n) is 6.64. The van der Waals surface area contributed by atoms with Gasteiger partial charge >= 0.3 is 0 Å². The molecule has 0 saturated heterocycles. The van der Waals surface area contributed by atoms with E-state index in [2.05, 4.69) is 6.08 Å². The molecule has 2 nitrogen and oxygen atoms in total. The molecule has 0 aromatic heterocycles. The molecule has 16 heavy (non-hydrogen) atoms. The maximum absolute atomic E-state index is 12.2. The van der Waals surface area contributed by atoms with Crippen molar-refractivity contribution >= 4 is 5.78 Å². The summed E-state index contributed by atoms with van der Waals surface area (Å²) in [6, 6.07) is 0. The Hall–Kier alpha value is -0.630. The molecule has 0 heterocycles. The Bertz CT molecular complexity index is 243. The maximum Gasteiger partial charge on any atom is 0.187 e. The van der Waals surface area contributed by atoms with Gasteiger partial charge in [0.15, 0.2) is 5.78 Å². The quantitative estimate of drug-likeness (QED) is 0.712. The zero-order chi connectivity index (χ0) is 11.8. The Morgan fingerprint density at radius 1 is 1.31 bits per heavy atom. The smallest absolute Gasteiger partial charge is 0.187 e. The first-order chi connectivity index (χ1) is 7.79. The van der Waals surface area contributed by atoms with Gasteiger partial charge in [0.05, 0.1) is 0 Å². The summed E-state index contributed by atoms with van der Waals surface area (Å²) in [4.78, 5) is 12.2. The Labute approximate surface area is 99.1 Å². The molecule has 1 atom stereocenters. The second-order valence-electron chi connectivity index (χ2n) is 4.40. The van der Waals surface area contributed by atoms with Crippen LogP contribution >= 0.6 is 0 Å². The molecule has 1 aliphatic carbocycles. The van der Waals surface area contributed by atoms with Crippen LogP contribution in [0.25, 0.3) is 0 Å². The fourth-order valence-corrected chi connectivity index (χ4v) is 2.20. The van der Waals surface area contributed by atoms with Crippen LogP contribution in [0.1, 0.15) is 58.8 Å². The number of allylic oxidation sites excluding steroid dienone is 1. The lowest BCUT2D eigenvalue weighted by molar-refractivity contribution is -0.126. The summed E-state index contributed by atoms with van der Waals surface area (Å²) in [5, 5.41) is 0. The molecule has 0 aliphatic heterocycles. The second-order valence-corrected chi connectivity index (χ2v) is 4.40. The lowest BCUT2D eigenvalue weighted by Crippen LogP contribution is -2.25. The van der Waals surface area contributed by atoms with Crippen molar-refractivity contribution in [2.75, 3.05) is 6.61 Å². The molecule has 92 valence electrons. The Morgan fingerprint density at radius 3 is 2.75 bits per heavy atom. The largest absolute Gasteiger partial charge is 0.370 e. The molecule has 1 unspecified atom stereocenters. The highest BCUT2D eigenvalue weighted by atomic mass is 16.5. The fourth-order valence-electron chi connectivity index (χ4n) is 2.20. The first-order valence-corrected chi connectivity index (χ1v) is 6.64. The summed E-state index contributed by atoms with van der Waals surface area (Å²) in [7, 11) is 0. The van der Waals surface area contributed by atoms with Gasteiger partial charge in [0, 0.05) is 6.61 Å². The van der Waals surface area contributed by atoms with Crippen molar-refractivity contribution in [1.82, 2.24) is 0 Å². The Kier molecular flexibility index (Phi) is 6.39. The van der Waals surface area contributed by atoms with Crippen LogP contribution in [0.3, 0.4) is 0 Å². The van der Waals surface area contributed by atoms with E-state index in [0.29, 0.717) is 6.61 Å². The minimum Gasteiger partial charge on any atom is -0.370 e.